The first kappa shape index (κ1) is 17.5. The number of ether oxygens (including phenoxy) is 1. The van der Waals surface area contributed by atoms with E-state index in [2.05, 4.69) is 26.0 Å². The van der Waals surface area contributed by atoms with Crippen LogP contribution in [0.15, 0.2) is 23.2 Å². The summed E-state index contributed by atoms with van der Waals surface area (Å²) in [4.78, 5) is 18.6. The predicted molar refractivity (Wildman–Crippen MR) is 108 cm³/mol. The van der Waals surface area contributed by atoms with E-state index in [1.54, 1.807) is 7.11 Å². The largest absolute Gasteiger partial charge is 0.497 e. The van der Waals surface area contributed by atoms with Gasteiger partial charge in [-0.3, -0.25) is 9.79 Å². The quantitative estimate of drug-likeness (QED) is 0.753. The Morgan fingerprint density at radius 3 is 2.33 bits per heavy atom. The van der Waals surface area contributed by atoms with Crippen molar-refractivity contribution in [3.8, 4) is 5.75 Å². The average molecular weight is 366 g/mol. The predicted octanol–water partition coefficient (Wildman–Crippen LogP) is 4.99. The zero-order valence-electron chi connectivity index (χ0n) is 16.9. The molecule has 0 radical (unpaired) electrons. The van der Waals surface area contributed by atoms with E-state index < -0.39 is 0 Å². The summed E-state index contributed by atoms with van der Waals surface area (Å²) in [5.74, 6) is 3.78. The van der Waals surface area contributed by atoms with E-state index in [1.807, 2.05) is 6.07 Å². The van der Waals surface area contributed by atoms with Gasteiger partial charge >= 0.3 is 0 Å². The Balaban J connectivity index is 1.45. The Morgan fingerprint density at radius 1 is 1.11 bits per heavy atom. The number of nitrogens with zero attached hydrogens (tertiary/aromatic N) is 1. The van der Waals surface area contributed by atoms with Crippen molar-refractivity contribution >= 4 is 11.5 Å². The number of hydrogen-bond donors (Lipinski definition) is 0. The second-order valence-corrected chi connectivity index (χ2v) is 10.4. The third-order valence-electron chi connectivity index (χ3n) is 7.64. The van der Waals surface area contributed by atoms with Gasteiger partial charge < -0.3 is 4.74 Å². The number of ketones is 1. The molecule has 144 valence electrons. The van der Waals surface area contributed by atoms with Crippen LogP contribution in [0.25, 0.3) is 0 Å². The fourth-order valence-electron chi connectivity index (χ4n) is 6.98. The van der Waals surface area contributed by atoms with Gasteiger partial charge in [-0.2, -0.15) is 0 Å². The fraction of sp³-hybridized carbons (Fsp3) is 0.667. The van der Waals surface area contributed by atoms with Crippen LogP contribution in [-0.2, 0) is 11.2 Å². The van der Waals surface area contributed by atoms with Crippen molar-refractivity contribution in [2.24, 2.45) is 28.2 Å². The molecule has 1 aromatic rings. The Labute approximate surface area is 162 Å². The molecule has 4 bridgehead atoms. The van der Waals surface area contributed by atoms with Crippen molar-refractivity contribution in [1.29, 1.82) is 0 Å². The molecule has 0 saturated heterocycles. The number of rotatable bonds is 4. The molecule has 0 spiro atoms. The van der Waals surface area contributed by atoms with Gasteiger partial charge in [-0.15, -0.1) is 0 Å². The zero-order chi connectivity index (χ0) is 18.8. The summed E-state index contributed by atoms with van der Waals surface area (Å²) in [6.07, 6.45) is 8.97. The van der Waals surface area contributed by atoms with Gasteiger partial charge in [-0.1, -0.05) is 0 Å². The highest BCUT2D eigenvalue weighted by molar-refractivity contribution is 6.13. The number of hydrogen-bond acceptors (Lipinski definition) is 3. The van der Waals surface area contributed by atoms with E-state index in [1.165, 1.54) is 24.8 Å². The maximum Gasteiger partial charge on any atom is 0.145 e. The van der Waals surface area contributed by atoms with E-state index in [9.17, 15) is 4.79 Å². The normalized spacial score (nSPS) is 35.5. The highest BCUT2D eigenvalue weighted by Gasteiger charge is 2.54. The van der Waals surface area contributed by atoms with Crippen molar-refractivity contribution < 1.29 is 9.53 Å². The number of aliphatic imine (C=N–C) groups is 1. The number of methoxy groups -OCH3 is 1. The minimum atomic E-state index is -0.156. The van der Waals surface area contributed by atoms with E-state index >= 15 is 0 Å². The molecule has 6 rings (SSSR count). The van der Waals surface area contributed by atoms with Crippen molar-refractivity contribution in [3.05, 3.63) is 29.3 Å². The molecule has 27 heavy (non-hydrogen) atoms. The average Bonchev–Trinajstić information content (AvgIpc) is 2.59. The summed E-state index contributed by atoms with van der Waals surface area (Å²) in [5.41, 5.74) is 3.24. The summed E-state index contributed by atoms with van der Waals surface area (Å²) in [6.45, 7) is 4.34. The zero-order valence-corrected chi connectivity index (χ0v) is 16.9. The van der Waals surface area contributed by atoms with Gasteiger partial charge in [0, 0.05) is 11.8 Å². The van der Waals surface area contributed by atoms with Crippen molar-refractivity contribution in [3.63, 3.8) is 0 Å². The minimum absolute atomic E-state index is 0.0362. The van der Waals surface area contributed by atoms with E-state index in [-0.39, 0.29) is 11.0 Å². The van der Waals surface area contributed by atoms with Gasteiger partial charge in [0.15, 0.2) is 0 Å². The molecule has 4 saturated carbocycles. The highest BCUT2D eigenvalue weighted by Crippen LogP contribution is 2.60. The lowest BCUT2D eigenvalue weighted by Gasteiger charge is -2.56. The van der Waals surface area contributed by atoms with Crippen molar-refractivity contribution in [2.75, 3.05) is 7.11 Å². The smallest absolute Gasteiger partial charge is 0.145 e. The second kappa shape index (κ2) is 5.93. The monoisotopic (exact) mass is 365 g/mol. The standard InChI is InChI=1S/C24H31NO2/c1-23(2)14-18-9-19(27-3)4-5-20(18)21(25-23)10-22(26)24-11-15-6-16(12-24)8-17(7-15)13-24/h4-5,9,15-17H,6-8,10-14H2,1-3H3. The third-order valence-corrected chi connectivity index (χ3v) is 7.64. The molecule has 1 aromatic carbocycles. The molecule has 3 nitrogen and oxygen atoms in total. The van der Waals surface area contributed by atoms with Crippen LogP contribution in [0.2, 0.25) is 0 Å². The lowest BCUT2D eigenvalue weighted by Crippen LogP contribution is -2.50. The first-order valence-corrected chi connectivity index (χ1v) is 10.7. The topological polar surface area (TPSA) is 38.7 Å². The van der Waals surface area contributed by atoms with Crippen LogP contribution in [-0.4, -0.2) is 24.1 Å². The molecule has 0 unspecified atom stereocenters. The molecular formula is C24H31NO2. The van der Waals surface area contributed by atoms with Gasteiger partial charge in [0.2, 0.25) is 0 Å². The molecule has 1 heterocycles. The first-order valence-electron chi connectivity index (χ1n) is 10.7. The summed E-state index contributed by atoms with van der Waals surface area (Å²) < 4.78 is 5.42. The van der Waals surface area contributed by atoms with Gasteiger partial charge in [-0.25, -0.2) is 0 Å². The summed E-state index contributed by atoms with van der Waals surface area (Å²) in [7, 11) is 1.71. The van der Waals surface area contributed by atoms with Gasteiger partial charge in [0.1, 0.15) is 11.5 Å². The molecule has 0 atom stereocenters. The number of benzene rings is 1. The van der Waals surface area contributed by atoms with E-state index in [0.29, 0.717) is 12.2 Å². The third kappa shape index (κ3) is 2.94. The maximum absolute atomic E-state index is 13.6. The van der Waals surface area contributed by atoms with Crippen LogP contribution in [0.3, 0.4) is 0 Å². The first-order chi connectivity index (χ1) is 12.9. The molecular weight excluding hydrogens is 334 g/mol. The van der Waals surface area contributed by atoms with Crippen LogP contribution >= 0.6 is 0 Å². The Kier molecular flexibility index (Phi) is 3.83. The SMILES string of the molecule is COc1ccc2c(c1)CC(C)(C)N=C2CC(=O)C12CC3CC(CC(C3)C1)C2. The van der Waals surface area contributed by atoms with Crippen molar-refractivity contribution in [2.45, 2.75) is 70.8 Å². The lowest BCUT2D eigenvalue weighted by molar-refractivity contribution is -0.142. The van der Waals surface area contributed by atoms with Crippen LogP contribution in [0.1, 0.15) is 69.9 Å². The van der Waals surface area contributed by atoms with Crippen LogP contribution in [0.4, 0.5) is 0 Å². The van der Waals surface area contributed by atoms with Gasteiger partial charge in [0.25, 0.3) is 0 Å². The molecule has 0 amide bonds. The maximum atomic E-state index is 13.6. The van der Waals surface area contributed by atoms with Gasteiger partial charge in [-0.05, 0) is 106 Å². The Morgan fingerprint density at radius 2 is 1.74 bits per heavy atom. The Bertz CT molecular complexity index is 784. The van der Waals surface area contributed by atoms with Crippen molar-refractivity contribution in [1.82, 2.24) is 0 Å². The number of carbonyl (C=O) groups excluding carboxylic acids is 1. The minimum Gasteiger partial charge on any atom is -0.497 e. The molecule has 4 fully saturated rings. The molecule has 3 heteroatoms. The second-order valence-electron chi connectivity index (χ2n) is 10.4. The Hall–Kier alpha value is -1.64. The number of fused-ring (bicyclic) bond motifs is 1. The molecule has 5 aliphatic rings. The molecule has 0 N–H and O–H groups in total. The van der Waals surface area contributed by atoms with Gasteiger partial charge in [0.05, 0.1) is 18.4 Å². The van der Waals surface area contributed by atoms with E-state index in [0.717, 1.165) is 60.5 Å². The summed E-state index contributed by atoms with van der Waals surface area (Å²) in [6, 6.07) is 6.23. The lowest BCUT2D eigenvalue weighted by atomic mass is 9.48. The molecule has 0 aromatic heterocycles. The fourth-order valence-corrected chi connectivity index (χ4v) is 6.98. The number of Topliss-reactive ketones (excluding diaryl/α,β-unsaturated/α-hetero) is 1. The highest BCUT2D eigenvalue weighted by atomic mass is 16.5. The molecule has 4 aliphatic carbocycles. The summed E-state index contributed by atoms with van der Waals surface area (Å²) >= 11 is 0. The molecule has 1 aliphatic heterocycles. The van der Waals surface area contributed by atoms with Crippen LogP contribution < -0.4 is 4.74 Å². The van der Waals surface area contributed by atoms with E-state index in [4.69, 9.17) is 9.73 Å². The van der Waals surface area contributed by atoms with Crippen LogP contribution in [0, 0.1) is 23.2 Å². The number of carbonyl (C=O) groups is 1. The van der Waals surface area contributed by atoms with Crippen LogP contribution in [0.5, 0.6) is 5.75 Å². The summed E-state index contributed by atoms with van der Waals surface area (Å²) in [5, 5.41) is 0.